The Bertz CT molecular complexity index is 964. The van der Waals surface area contributed by atoms with E-state index in [1.807, 2.05) is 12.1 Å². The number of hydrogen-bond donors (Lipinski definition) is 5. The van der Waals surface area contributed by atoms with Crippen LogP contribution in [0.25, 0.3) is 0 Å². The van der Waals surface area contributed by atoms with E-state index in [-0.39, 0.29) is 12.2 Å². The summed E-state index contributed by atoms with van der Waals surface area (Å²) in [6.07, 6.45) is 0.261. The van der Waals surface area contributed by atoms with Crippen LogP contribution in [0.4, 0.5) is 0 Å². The number of ether oxygens (including phenoxy) is 1. The molecule has 0 saturated heterocycles. The van der Waals surface area contributed by atoms with E-state index in [0.717, 1.165) is 12.7 Å². The number of phenols is 1. The fraction of sp³-hybridized carbons (Fsp3) is 0.133. The summed E-state index contributed by atoms with van der Waals surface area (Å²) < 4.78 is 34.3. The fourth-order valence-corrected chi connectivity index (χ4v) is 5.72. The molecule has 0 saturated carbocycles. The molecule has 0 unspecified atom stereocenters. The van der Waals surface area contributed by atoms with Gasteiger partial charge in [-0.2, -0.15) is 8.42 Å². The second-order valence-electron chi connectivity index (χ2n) is 5.39. The van der Waals surface area contributed by atoms with Crippen LogP contribution < -0.4 is 15.6 Å². The summed E-state index contributed by atoms with van der Waals surface area (Å²) in [6, 6.07) is 6.34. The summed E-state index contributed by atoms with van der Waals surface area (Å²) >= 11 is 8.42. The average Bonchev–Trinajstić information content (AvgIpc) is 2.54. The van der Waals surface area contributed by atoms with Gasteiger partial charge in [-0.3, -0.25) is 9.35 Å². The number of aliphatic carboxylic acids is 1. The van der Waals surface area contributed by atoms with Crippen molar-refractivity contribution in [1.82, 2.24) is 0 Å². The van der Waals surface area contributed by atoms with Gasteiger partial charge in [0.25, 0.3) is 0 Å². The van der Waals surface area contributed by atoms with E-state index in [1.54, 1.807) is 12.1 Å². The lowest BCUT2D eigenvalue weighted by Crippen LogP contribution is -2.32. The number of halogens is 4. The molecule has 7 N–H and O–H groups in total. The third-order valence-corrected chi connectivity index (χ3v) is 6.29. The van der Waals surface area contributed by atoms with Crippen molar-refractivity contribution in [2.24, 2.45) is 10.9 Å². The lowest BCUT2D eigenvalue weighted by atomic mass is 10.1. The molecular weight excluding hydrogens is 860 g/mol. The van der Waals surface area contributed by atoms with Crippen LogP contribution in [0.2, 0.25) is 0 Å². The van der Waals surface area contributed by atoms with Crippen LogP contribution >= 0.6 is 90.4 Å². The Morgan fingerprint density at radius 2 is 1.45 bits per heavy atom. The fourth-order valence-electron chi connectivity index (χ4n) is 1.89. The Hall–Kier alpha value is 0.260. The van der Waals surface area contributed by atoms with E-state index in [0.29, 0.717) is 18.6 Å². The number of aromatic hydroxyl groups is 1. The van der Waals surface area contributed by atoms with Crippen LogP contribution in [0.3, 0.4) is 0 Å². The summed E-state index contributed by atoms with van der Waals surface area (Å²) in [7, 11) is -4.17. The topological polar surface area (TPSA) is 173 Å². The highest BCUT2D eigenvalue weighted by atomic mass is 127. The van der Waals surface area contributed by atoms with Crippen molar-refractivity contribution >= 4 is 107 Å². The first-order valence-corrected chi connectivity index (χ1v) is 13.1. The van der Waals surface area contributed by atoms with Crippen LogP contribution in [-0.2, 0) is 21.5 Å². The van der Waals surface area contributed by atoms with E-state index < -0.39 is 22.3 Å². The van der Waals surface area contributed by atoms with Gasteiger partial charge in [-0.1, -0.05) is 0 Å². The minimum absolute atomic E-state index is 0.242. The number of carbonyl (C=O) groups is 1. The largest absolute Gasteiger partial charge is 0.506 e. The van der Waals surface area contributed by atoms with Crippen molar-refractivity contribution in [3.05, 3.63) is 44.1 Å². The highest BCUT2D eigenvalue weighted by Crippen LogP contribution is 2.36. The predicted molar refractivity (Wildman–Crippen MR) is 141 cm³/mol. The number of hydrogen-bond acceptors (Lipinski definition) is 6. The number of benzene rings is 2. The minimum Gasteiger partial charge on any atom is -0.506 e. The predicted octanol–water partition coefficient (Wildman–Crippen LogP) is 3.31. The summed E-state index contributed by atoms with van der Waals surface area (Å²) in [5, 5.41) is 22.7. The molecule has 14 heteroatoms. The van der Waals surface area contributed by atoms with Gasteiger partial charge in [0.05, 0.1) is 14.3 Å². The standard InChI is InChI=1S/C15H11I4NO4.H3NO3S/c16-8-4-7(5-9(17)13(8)21)24-14-10(18)1-6(2-11(14)19)3-12(20)15(22)23;1-5(2,3)4/h1-2,4-5,12,21H,3,20H2,(H,22,23);(H3,1,2,3,4)/t12-;/m0./s1. The maximum Gasteiger partial charge on any atom is 0.330 e. The zero-order valence-electron chi connectivity index (χ0n) is 14.1. The molecule has 2 rings (SSSR count). The first-order chi connectivity index (χ1) is 13.2. The van der Waals surface area contributed by atoms with Crippen LogP contribution in [0.5, 0.6) is 17.2 Å². The van der Waals surface area contributed by atoms with Gasteiger partial charge in [0.15, 0.2) is 5.75 Å². The molecule has 2 aromatic carbocycles. The highest BCUT2D eigenvalue weighted by molar-refractivity contribution is 14.1. The van der Waals surface area contributed by atoms with Crippen molar-refractivity contribution in [3.8, 4) is 17.2 Å². The zero-order valence-corrected chi connectivity index (χ0v) is 23.6. The lowest BCUT2D eigenvalue weighted by Gasteiger charge is -2.14. The molecule has 2 aromatic rings. The zero-order chi connectivity index (χ0) is 22.5. The van der Waals surface area contributed by atoms with Gasteiger partial charge in [-0.15, -0.1) is 0 Å². The SMILES string of the molecule is NS(=O)(=O)O.N[C@@H](Cc1cc(I)c(Oc2cc(I)c(O)c(I)c2)c(I)c1)C(=O)O. The number of phenolic OH excluding ortho intramolecular Hbond substituents is 1. The van der Waals surface area contributed by atoms with Crippen molar-refractivity contribution < 1.29 is 32.7 Å². The number of nitrogens with two attached hydrogens (primary N) is 2. The number of carboxylic acid groups (broad SMARTS) is 1. The molecule has 0 aliphatic heterocycles. The van der Waals surface area contributed by atoms with Crippen LogP contribution in [0.1, 0.15) is 5.56 Å². The van der Waals surface area contributed by atoms with Crippen molar-refractivity contribution in [2.45, 2.75) is 12.5 Å². The molecular formula is C15H14I4N2O7S. The van der Waals surface area contributed by atoms with E-state index in [4.69, 9.17) is 28.5 Å². The Labute approximate surface area is 221 Å². The molecule has 0 aromatic heterocycles. The van der Waals surface area contributed by atoms with Gasteiger partial charge >= 0.3 is 16.3 Å². The van der Waals surface area contributed by atoms with Crippen LogP contribution in [0, 0.1) is 14.3 Å². The van der Waals surface area contributed by atoms with E-state index >= 15 is 0 Å². The third-order valence-electron chi connectivity index (χ3n) is 3.04. The quantitative estimate of drug-likeness (QED) is 0.225. The second-order valence-corrected chi connectivity index (χ2v) is 11.1. The van der Waals surface area contributed by atoms with Crippen molar-refractivity contribution in [2.75, 3.05) is 0 Å². The third kappa shape index (κ3) is 9.95. The van der Waals surface area contributed by atoms with Crippen molar-refractivity contribution in [1.29, 1.82) is 0 Å². The molecule has 0 amide bonds. The van der Waals surface area contributed by atoms with E-state index in [1.165, 1.54) is 0 Å². The Balaban J connectivity index is 0.000000749. The molecule has 0 radical (unpaired) electrons. The Morgan fingerprint density at radius 1 is 1.03 bits per heavy atom. The lowest BCUT2D eigenvalue weighted by molar-refractivity contribution is -0.138. The minimum atomic E-state index is -4.17. The Kier molecular flexibility index (Phi) is 11.1. The molecule has 160 valence electrons. The van der Waals surface area contributed by atoms with Gasteiger partial charge in [0.1, 0.15) is 17.5 Å². The normalized spacial score (nSPS) is 12.0. The van der Waals surface area contributed by atoms with Gasteiger partial charge in [-0.05, 0) is 127 Å². The second kappa shape index (κ2) is 11.8. The van der Waals surface area contributed by atoms with Crippen LogP contribution in [-0.4, -0.2) is 35.2 Å². The maximum absolute atomic E-state index is 10.9. The molecule has 9 nitrogen and oxygen atoms in total. The molecule has 0 aliphatic carbocycles. The first kappa shape index (κ1) is 27.3. The number of rotatable bonds is 5. The molecule has 0 spiro atoms. The first-order valence-electron chi connectivity index (χ1n) is 7.26. The molecule has 1 atom stereocenters. The number of carboxylic acids is 1. The van der Waals surface area contributed by atoms with E-state index in [9.17, 15) is 9.90 Å². The molecule has 0 aliphatic rings. The van der Waals surface area contributed by atoms with Gasteiger partial charge < -0.3 is 20.7 Å². The molecule has 0 heterocycles. The smallest absolute Gasteiger partial charge is 0.330 e. The highest BCUT2D eigenvalue weighted by Gasteiger charge is 2.16. The van der Waals surface area contributed by atoms with Gasteiger partial charge in [0, 0.05) is 0 Å². The summed E-state index contributed by atoms with van der Waals surface area (Å²) in [5.74, 6) is 0.549. The maximum atomic E-state index is 10.9. The van der Waals surface area contributed by atoms with Crippen LogP contribution in [0.15, 0.2) is 24.3 Å². The Morgan fingerprint density at radius 3 is 1.83 bits per heavy atom. The summed E-state index contributed by atoms with van der Waals surface area (Å²) in [6.45, 7) is 0. The monoisotopic (exact) mass is 874 g/mol. The van der Waals surface area contributed by atoms with E-state index in [2.05, 4.69) is 95.5 Å². The molecule has 0 bridgehead atoms. The molecule has 0 fully saturated rings. The average molecular weight is 874 g/mol. The van der Waals surface area contributed by atoms with Crippen molar-refractivity contribution in [3.63, 3.8) is 0 Å². The summed E-state index contributed by atoms with van der Waals surface area (Å²) in [4.78, 5) is 10.9. The van der Waals surface area contributed by atoms with Gasteiger partial charge in [-0.25, -0.2) is 5.14 Å². The molecule has 29 heavy (non-hydrogen) atoms. The summed E-state index contributed by atoms with van der Waals surface area (Å²) in [5.41, 5.74) is 6.44. The van der Waals surface area contributed by atoms with Gasteiger partial charge in [0.2, 0.25) is 0 Å².